The summed E-state index contributed by atoms with van der Waals surface area (Å²) in [4.78, 5) is 22.7. The van der Waals surface area contributed by atoms with Crippen LogP contribution in [0.4, 0.5) is 4.79 Å². The number of hydrogen-bond acceptors (Lipinski definition) is 3. The topological polar surface area (TPSA) is 67.4 Å². The van der Waals surface area contributed by atoms with Crippen molar-refractivity contribution >= 4 is 12.0 Å². The zero-order valence-corrected chi connectivity index (χ0v) is 11.3. The van der Waals surface area contributed by atoms with Gasteiger partial charge in [0, 0.05) is 6.04 Å². The first-order valence-electron chi connectivity index (χ1n) is 6.87. The average Bonchev–Trinajstić information content (AvgIpc) is 2.37. The van der Waals surface area contributed by atoms with Gasteiger partial charge < -0.3 is 15.4 Å². The molecule has 1 rings (SSSR count). The van der Waals surface area contributed by atoms with Crippen LogP contribution >= 0.6 is 0 Å². The molecule has 0 radical (unpaired) electrons. The molecule has 0 spiro atoms. The summed E-state index contributed by atoms with van der Waals surface area (Å²) < 4.78 is 4.74. The first-order chi connectivity index (χ1) is 8.67. The first-order valence-corrected chi connectivity index (χ1v) is 6.87. The lowest BCUT2D eigenvalue weighted by atomic mass is 9.83. The Morgan fingerprint density at radius 3 is 2.61 bits per heavy atom. The summed E-state index contributed by atoms with van der Waals surface area (Å²) in [7, 11) is 0. The first kappa shape index (κ1) is 14.8. The van der Waals surface area contributed by atoms with E-state index in [4.69, 9.17) is 4.74 Å². The minimum absolute atomic E-state index is 0.0663. The van der Waals surface area contributed by atoms with Gasteiger partial charge in [-0.1, -0.05) is 26.2 Å². The van der Waals surface area contributed by atoms with Crippen LogP contribution in [0.15, 0.2) is 0 Å². The highest BCUT2D eigenvalue weighted by Gasteiger charge is 2.24. The van der Waals surface area contributed by atoms with Gasteiger partial charge in [-0.25, -0.2) is 4.79 Å². The van der Waals surface area contributed by atoms with Crippen molar-refractivity contribution in [1.82, 2.24) is 10.6 Å². The van der Waals surface area contributed by atoms with Gasteiger partial charge in [0.15, 0.2) is 0 Å². The van der Waals surface area contributed by atoms with Crippen LogP contribution in [0, 0.1) is 5.92 Å². The summed E-state index contributed by atoms with van der Waals surface area (Å²) in [5.74, 6) is 0.162. The molecule has 2 amide bonds. The second-order valence-corrected chi connectivity index (χ2v) is 4.69. The molecular formula is C13H24N2O3. The van der Waals surface area contributed by atoms with Crippen LogP contribution in [0.2, 0.25) is 0 Å². The molecule has 0 aromatic heterocycles. The molecule has 1 saturated carbocycles. The number of ether oxygens (including phenoxy) is 1. The summed E-state index contributed by atoms with van der Waals surface area (Å²) >= 11 is 0. The predicted octanol–water partition coefficient (Wildman–Crippen LogP) is 1.82. The van der Waals surface area contributed by atoms with E-state index in [1.807, 2.05) is 0 Å². The van der Waals surface area contributed by atoms with Gasteiger partial charge in [-0.2, -0.15) is 0 Å². The third-order valence-corrected chi connectivity index (χ3v) is 3.45. The van der Waals surface area contributed by atoms with Gasteiger partial charge in [0.25, 0.3) is 0 Å². The number of urea groups is 1. The summed E-state index contributed by atoms with van der Waals surface area (Å²) in [5.41, 5.74) is 0. The van der Waals surface area contributed by atoms with Gasteiger partial charge in [0.05, 0.1) is 6.61 Å². The smallest absolute Gasteiger partial charge is 0.325 e. The second-order valence-electron chi connectivity index (χ2n) is 4.69. The Balaban J connectivity index is 2.27. The van der Waals surface area contributed by atoms with Gasteiger partial charge in [0.1, 0.15) is 6.54 Å². The van der Waals surface area contributed by atoms with Gasteiger partial charge >= 0.3 is 12.0 Å². The Kier molecular flexibility index (Phi) is 6.54. The Morgan fingerprint density at radius 2 is 1.94 bits per heavy atom. The molecule has 0 aromatic rings. The molecule has 0 aromatic carbocycles. The number of nitrogens with one attached hydrogen (secondary N) is 2. The Bertz CT molecular complexity index is 281. The average molecular weight is 256 g/mol. The fourth-order valence-corrected chi connectivity index (χ4v) is 2.47. The van der Waals surface area contributed by atoms with Crippen molar-refractivity contribution in [3.8, 4) is 0 Å². The van der Waals surface area contributed by atoms with Gasteiger partial charge in [0.2, 0.25) is 0 Å². The van der Waals surface area contributed by atoms with Crippen LogP contribution in [0.25, 0.3) is 0 Å². The number of rotatable bonds is 5. The minimum Gasteiger partial charge on any atom is -0.465 e. The summed E-state index contributed by atoms with van der Waals surface area (Å²) in [6.07, 6.45) is 5.72. The number of esters is 1. The lowest BCUT2D eigenvalue weighted by Crippen LogP contribution is -2.47. The maximum absolute atomic E-state index is 11.7. The molecule has 1 aliphatic rings. The van der Waals surface area contributed by atoms with E-state index in [1.165, 1.54) is 19.3 Å². The van der Waals surface area contributed by atoms with Crippen molar-refractivity contribution in [2.45, 2.75) is 52.0 Å². The van der Waals surface area contributed by atoms with Gasteiger partial charge in [-0.05, 0) is 25.7 Å². The number of carbonyl (C=O) groups excluding carboxylic acids is 2. The molecule has 18 heavy (non-hydrogen) atoms. The van der Waals surface area contributed by atoms with E-state index in [9.17, 15) is 9.59 Å². The van der Waals surface area contributed by atoms with E-state index in [1.54, 1.807) is 6.92 Å². The lowest BCUT2D eigenvalue weighted by Gasteiger charge is -2.31. The van der Waals surface area contributed by atoms with Crippen molar-refractivity contribution in [3.05, 3.63) is 0 Å². The quantitative estimate of drug-likeness (QED) is 0.737. The van der Waals surface area contributed by atoms with Crippen molar-refractivity contribution in [2.75, 3.05) is 13.2 Å². The number of hydrogen-bond donors (Lipinski definition) is 2. The summed E-state index contributed by atoms with van der Waals surface area (Å²) in [6.45, 7) is 4.17. The maximum Gasteiger partial charge on any atom is 0.325 e. The SMILES string of the molecule is CCOC(=O)CNC(=O)NC1CCCCC1CC. The van der Waals surface area contributed by atoms with E-state index >= 15 is 0 Å². The normalized spacial score (nSPS) is 23.2. The maximum atomic E-state index is 11.7. The second kappa shape index (κ2) is 7.95. The van der Waals surface area contributed by atoms with Crippen molar-refractivity contribution in [3.63, 3.8) is 0 Å². The highest BCUT2D eigenvalue weighted by molar-refractivity contribution is 5.80. The fourth-order valence-electron chi connectivity index (χ4n) is 2.47. The molecule has 2 N–H and O–H groups in total. The third kappa shape index (κ3) is 4.94. The molecule has 5 nitrogen and oxygen atoms in total. The van der Waals surface area contributed by atoms with E-state index in [-0.39, 0.29) is 18.6 Å². The Labute approximate surface area is 109 Å². The standard InChI is InChI=1S/C13H24N2O3/c1-3-10-7-5-6-8-11(10)15-13(17)14-9-12(16)18-4-2/h10-11H,3-9H2,1-2H3,(H2,14,15,17). The van der Waals surface area contributed by atoms with E-state index in [0.29, 0.717) is 12.5 Å². The predicted molar refractivity (Wildman–Crippen MR) is 69.2 cm³/mol. The molecule has 0 aliphatic heterocycles. The Hall–Kier alpha value is -1.26. The monoisotopic (exact) mass is 256 g/mol. The molecule has 0 bridgehead atoms. The molecule has 1 aliphatic carbocycles. The van der Waals surface area contributed by atoms with Crippen LogP contribution in [-0.2, 0) is 9.53 Å². The molecule has 2 atom stereocenters. The minimum atomic E-state index is -0.400. The van der Waals surface area contributed by atoms with Crippen molar-refractivity contribution in [1.29, 1.82) is 0 Å². The molecule has 1 fully saturated rings. The molecule has 0 heterocycles. The number of carbonyl (C=O) groups is 2. The molecule has 104 valence electrons. The van der Waals surface area contributed by atoms with Crippen molar-refractivity contribution in [2.24, 2.45) is 5.92 Å². The van der Waals surface area contributed by atoms with Gasteiger partial charge in [-0.3, -0.25) is 4.79 Å². The zero-order chi connectivity index (χ0) is 13.4. The number of amides is 2. The Morgan fingerprint density at radius 1 is 1.22 bits per heavy atom. The molecule has 2 unspecified atom stereocenters. The van der Waals surface area contributed by atoms with E-state index < -0.39 is 5.97 Å². The third-order valence-electron chi connectivity index (χ3n) is 3.45. The van der Waals surface area contributed by atoms with E-state index in [2.05, 4.69) is 17.6 Å². The molecular weight excluding hydrogens is 232 g/mol. The van der Waals surface area contributed by atoms with Crippen LogP contribution in [-0.4, -0.2) is 31.2 Å². The van der Waals surface area contributed by atoms with Crippen LogP contribution < -0.4 is 10.6 Å². The van der Waals surface area contributed by atoms with Crippen LogP contribution in [0.3, 0.4) is 0 Å². The highest BCUT2D eigenvalue weighted by Crippen LogP contribution is 2.26. The lowest BCUT2D eigenvalue weighted by molar-refractivity contribution is -0.141. The molecule has 5 heteroatoms. The van der Waals surface area contributed by atoms with Crippen LogP contribution in [0.1, 0.15) is 46.0 Å². The summed E-state index contributed by atoms with van der Waals surface area (Å²) in [5, 5.41) is 5.49. The largest absolute Gasteiger partial charge is 0.465 e. The fraction of sp³-hybridized carbons (Fsp3) is 0.846. The van der Waals surface area contributed by atoms with Gasteiger partial charge in [-0.15, -0.1) is 0 Å². The van der Waals surface area contributed by atoms with Crippen molar-refractivity contribution < 1.29 is 14.3 Å². The van der Waals surface area contributed by atoms with E-state index in [0.717, 1.165) is 12.8 Å². The molecule has 0 saturated heterocycles. The highest BCUT2D eigenvalue weighted by atomic mass is 16.5. The van der Waals surface area contributed by atoms with Crippen LogP contribution in [0.5, 0.6) is 0 Å². The zero-order valence-electron chi connectivity index (χ0n) is 11.3. The summed E-state index contributed by atoms with van der Waals surface area (Å²) in [6, 6.07) is -0.0284.